The van der Waals surface area contributed by atoms with E-state index in [0.29, 0.717) is 42.8 Å². The van der Waals surface area contributed by atoms with Gasteiger partial charge in [0.2, 0.25) is 11.8 Å². The summed E-state index contributed by atoms with van der Waals surface area (Å²) in [5.41, 5.74) is 3.61. The summed E-state index contributed by atoms with van der Waals surface area (Å²) in [6.07, 6.45) is 2.99. The molecule has 1 fully saturated rings. The molecule has 1 aliphatic carbocycles. The average Bonchev–Trinajstić information content (AvgIpc) is 3.72. The molecule has 2 aromatic heterocycles. The third-order valence-corrected chi connectivity index (χ3v) is 9.00. The van der Waals surface area contributed by atoms with E-state index in [0.717, 1.165) is 21.6 Å². The van der Waals surface area contributed by atoms with Crippen LogP contribution in [0.25, 0.3) is 11.6 Å². The highest BCUT2D eigenvalue weighted by atomic mass is 32.1. The molecule has 210 valence electrons. The SMILES string of the molecule is CCC1=C([C@H](O)CC/C(=C/c2ccc(CO)o2)c2ccccc2)[C@H](CO)[C@@H]2C(=O)N(Cc3cccs3)C(=O)[C@@H]2C1. The number of hydrogen-bond acceptors (Lipinski definition) is 7. The van der Waals surface area contributed by atoms with E-state index in [-0.39, 0.29) is 31.6 Å². The van der Waals surface area contributed by atoms with Gasteiger partial charge < -0.3 is 19.7 Å². The second kappa shape index (κ2) is 12.5. The first-order chi connectivity index (χ1) is 19.4. The van der Waals surface area contributed by atoms with Crippen molar-refractivity contribution in [3.63, 3.8) is 0 Å². The lowest BCUT2D eigenvalue weighted by molar-refractivity contribution is -0.140. The molecule has 0 bridgehead atoms. The number of carbonyl (C=O) groups is 2. The molecule has 0 spiro atoms. The summed E-state index contributed by atoms with van der Waals surface area (Å²) in [6.45, 7) is 1.75. The lowest BCUT2D eigenvalue weighted by Gasteiger charge is -2.36. The van der Waals surface area contributed by atoms with Crippen LogP contribution in [0.5, 0.6) is 0 Å². The van der Waals surface area contributed by atoms with Crippen molar-refractivity contribution in [2.75, 3.05) is 6.61 Å². The van der Waals surface area contributed by atoms with Gasteiger partial charge in [0.05, 0.1) is 31.1 Å². The van der Waals surface area contributed by atoms with Crippen molar-refractivity contribution >= 4 is 34.8 Å². The van der Waals surface area contributed by atoms with Gasteiger partial charge in [-0.1, -0.05) is 48.9 Å². The van der Waals surface area contributed by atoms with Crippen molar-refractivity contribution in [2.45, 2.75) is 51.9 Å². The fraction of sp³-hybridized carbons (Fsp3) is 0.375. The summed E-state index contributed by atoms with van der Waals surface area (Å²) in [4.78, 5) is 29.2. The van der Waals surface area contributed by atoms with E-state index in [1.54, 1.807) is 12.1 Å². The number of benzene rings is 1. The Bertz CT molecular complexity index is 1390. The molecular formula is C32H35NO6S. The maximum absolute atomic E-state index is 13.5. The Morgan fingerprint density at radius 1 is 1.10 bits per heavy atom. The van der Waals surface area contributed by atoms with E-state index in [1.807, 2.05) is 60.8 Å². The van der Waals surface area contributed by atoms with E-state index in [4.69, 9.17) is 4.42 Å². The topological polar surface area (TPSA) is 111 Å². The monoisotopic (exact) mass is 561 g/mol. The predicted octanol–water partition coefficient (Wildman–Crippen LogP) is 5.04. The molecule has 1 saturated heterocycles. The number of allylic oxidation sites excluding steroid dienone is 2. The zero-order valence-electron chi connectivity index (χ0n) is 22.5. The van der Waals surface area contributed by atoms with Gasteiger partial charge in [0.1, 0.15) is 18.1 Å². The van der Waals surface area contributed by atoms with Gasteiger partial charge in [-0.25, -0.2) is 0 Å². The maximum Gasteiger partial charge on any atom is 0.234 e. The molecule has 3 heterocycles. The molecule has 7 nitrogen and oxygen atoms in total. The Morgan fingerprint density at radius 2 is 1.90 bits per heavy atom. The minimum absolute atomic E-state index is 0.183. The van der Waals surface area contributed by atoms with Crippen molar-refractivity contribution in [2.24, 2.45) is 17.8 Å². The molecule has 3 N–H and O–H groups in total. The second-order valence-electron chi connectivity index (χ2n) is 10.4. The van der Waals surface area contributed by atoms with Crippen LogP contribution in [-0.4, -0.2) is 44.7 Å². The van der Waals surface area contributed by atoms with Gasteiger partial charge >= 0.3 is 0 Å². The molecular weight excluding hydrogens is 526 g/mol. The highest BCUT2D eigenvalue weighted by Crippen LogP contribution is 2.47. The molecule has 5 rings (SSSR count). The fourth-order valence-corrected chi connectivity index (χ4v) is 6.90. The van der Waals surface area contributed by atoms with Gasteiger partial charge in [-0.3, -0.25) is 14.5 Å². The zero-order valence-corrected chi connectivity index (χ0v) is 23.3. The number of furan rings is 1. The predicted molar refractivity (Wildman–Crippen MR) is 154 cm³/mol. The summed E-state index contributed by atoms with van der Waals surface area (Å²) < 4.78 is 5.69. The van der Waals surface area contributed by atoms with Crippen LogP contribution < -0.4 is 0 Å². The van der Waals surface area contributed by atoms with Crippen LogP contribution >= 0.6 is 11.3 Å². The number of carbonyl (C=O) groups excluding carboxylic acids is 2. The Balaban J connectivity index is 1.39. The molecule has 0 unspecified atom stereocenters. The van der Waals surface area contributed by atoms with Gasteiger partial charge in [-0.15, -0.1) is 11.3 Å². The van der Waals surface area contributed by atoms with E-state index in [9.17, 15) is 24.9 Å². The number of hydrogen-bond donors (Lipinski definition) is 3. The first-order valence-corrected chi connectivity index (χ1v) is 14.7. The number of thiophene rings is 1. The third-order valence-electron chi connectivity index (χ3n) is 8.14. The summed E-state index contributed by atoms with van der Waals surface area (Å²) in [5, 5.41) is 33.4. The van der Waals surface area contributed by atoms with Crippen molar-refractivity contribution in [3.05, 3.63) is 93.1 Å². The van der Waals surface area contributed by atoms with Gasteiger partial charge in [0, 0.05) is 10.8 Å². The molecule has 1 aliphatic heterocycles. The summed E-state index contributed by atoms with van der Waals surface area (Å²) >= 11 is 1.50. The molecule has 4 atom stereocenters. The first-order valence-electron chi connectivity index (χ1n) is 13.8. The summed E-state index contributed by atoms with van der Waals surface area (Å²) in [6, 6.07) is 17.2. The van der Waals surface area contributed by atoms with Crippen molar-refractivity contribution < 1.29 is 29.3 Å². The molecule has 2 amide bonds. The quantitative estimate of drug-likeness (QED) is 0.224. The van der Waals surface area contributed by atoms with Crippen LogP contribution in [0.3, 0.4) is 0 Å². The minimum atomic E-state index is -0.876. The molecule has 2 aliphatic rings. The molecule has 3 aromatic rings. The number of nitrogens with zero attached hydrogens (tertiary/aromatic N) is 1. The van der Waals surface area contributed by atoms with Crippen LogP contribution in [0.1, 0.15) is 54.6 Å². The normalized spacial score (nSPS) is 22.2. The van der Waals surface area contributed by atoms with Crippen LogP contribution in [-0.2, 0) is 22.7 Å². The van der Waals surface area contributed by atoms with Crippen molar-refractivity contribution in [1.82, 2.24) is 4.90 Å². The maximum atomic E-state index is 13.5. The molecule has 0 radical (unpaired) electrons. The van der Waals surface area contributed by atoms with Crippen molar-refractivity contribution in [1.29, 1.82) is 0 Å². The molecule has 1 aromatic carbocycles. The number of aliphatic hydroxyl groups is 3. The molecule has 0 saturated carbocycles. The minimum Gasteiger partial charge on any atom is -0.459 e. The highest BCUT2D eigenvalue weighted by Gasteiger charge is 2.54. The highest BCUT2D eigenvalue weighted by molar-refractivity contribution is 7.09. The zero-order chi connectivity index (χ0) is 28.2. The first kappa shape index (κ1) is 28.2. The van der Waals surface area contributed by atoms with Gasteiger partial charge in [-0.05, 0) is 72.0 Å². The van der Waals surface area contributed by atoms with Crippen LogP contribution in [0.4, 0.5) is 0 Å². The van der Waals surface area contributed by atoms with Crippen LogP contribution in [0, 0.1) is 17.8 Å². The van der Waals surface area contributed by atoms with E-state index >= 15 is 0 Å². The van der Waals surface area contributed by atoms with E-state index in [2.05, 4.69) is 0 Å². The molecule has 40 heavy (non-hydrogen) atoms. The lowest BCUT2D eigenvalue weighted by atomic mass is 9.67. The summed E-state index contributed by atoms with van der Waals surface area (Å²) in [5.74, 6) is -1.13. The summed E-state index contributed by atoms with van der Waals surface area (Å²) in [7, 11) is 0. The Labute approximate surface area is 238 Å². The molecule has 8 heteroatoms. The van der Waals surface area contributed by atoms with Gasteiger partial charge in [-0.2, -0.15) is 0 Å². The number of aliphatic hydroxyl groups excluding tert-OH is 3. The van der Waals surface area contributed by atoms with Crippen molar-refractivity contribution in [3.8, 4) is 0 Å². The van der Waals surface area contributed by atoms with Gasteiger partial charge in [0.25, 0.3) is 0 Å². The number of amides is 2. The third kappa shape index (κ3) is 5.63. The van der Waals surface area contributed by atoms with Gasteiger partial charge in [0.15, 0.2) is 0 Å². The smallest absolute Gasteiger partial charge is 0.234 e. The van der Waals surface area contributed by atoms with Crippen LogP contribution in [0.15, 0.2) is 75.5 Å². The second-order valence-corrected chi connectivity index (χ2v) is 11.5. The Kier molecular flexibility index (Phi) is 8.81. The number of rotatable bonds is 11. The number of fused-ring (bicyclic) bond motifs is 1. The average molecular weight is 562 g/mol. The number of imide groups is 1. The largest absolute Gasteiger partial charge is 0.459 e. The number of likely N-dealkylation sites (tertiary alicyclic amines) is 1. The van der Waals surface area contributed by atoms with E-state index < -0.39 is 23.9 Å². The van der Waals surface area contributed by atoms with Crippen LogP contribution in [0.2, 0.25) is 0 Å². The Hall–Kier alpha value is -3.30. The van der Waals surface area contributed by atoms with E-state index in [1.165, 1.54) is 16.2 Å². The Morgan fingerprint density at radius 3 is 2.55 bits per heavy atom. The standard InChI is InChI=1S/C32H35NO6S/c1-2-20-16-26-30(32(38)33(31(26)37)17-25-9-6-14-40-25)27(19-35)29(20)28(36)13-10-22(21-7-4-3-5-8-21)15-23-11-12-24(18-34)39-23/h3-9,11-12,14-15,26-28,30,34-36H,2,10,13,16-19H2,1H3/b22-15-/t26-,27+,28-,30-/m1/s1. The lowest BCUT2D eigenvalue weighted by Crippen LogP contribution is -2.39. The fourth-order valence-electron chi connectivity index (χ4n) is 6.21.